The molecule has 0 unspecified atom stereocenters. The van der Waals surface area contributed by atoms with E-state index in [1.165, 1.54) is 4.90 Å². The minimum absolute atomic E-state index is 0.254. The highest BCUT2D eigenvalue weighted by molar-refractivity contribution is 6.26. The third kappa shape index (κ3) is 5.91. The maximum absolute atomic E-state index is 11.5. The first-order valence-electron chi connectivity index (χ1n) is 4.36. The van der Waals surface area contributed by atoms with Gasteiger partial charge in [-0.3, -0.25) is 9.59 Å². The molecule has 0 atom stereocenters. The molecule has 0 N–H and O–H groups in total. The van der Waals surface area contributed by atoms with Crippen LogP contribution in [0.5, 0.6) is 0 Å². The molecule has 0 radical (unpaired) electrons. The summed E-state index contributed by atoms with van der Waals surface area (Å²) in [6, 6.07) is 0. The predicted molar refractivity (Wildman–Crippen MR) is 58.7 cm³/mol. The maximum atomic E-state index is 11.5. The van der Waals surface area contributed by atoms with Gasteiger partial charge in [0.2, 0.25) is 0 Å². The first-order valence-corrected chi connectivity index (χ1v) is 4.90. The highest BCUT2D eigenvalue weighted by Gasteiger charge is 2.12. The fourth-order valence-corrected chi connectivity index (χ4v) is 0.939. The number of halogens is 1. The van der Waals surface area contributed by atoms with Gasteiger partial charge in [0.1, 0.15) is 5.88 Å². The Morgan fingerprint density at radius 2 is 1.80 bits per heavy atom. The van der Waals surface area contributed by atoms with Gasteiger partial charge in [-0.05, 0) is 0 Å². The summed E-state index contributed by atoms with van der Waals surface area (Å²) in [6.45, 7) is 7.52. The zero-order chi connectivity index (χ0) is 11.7. The Hall–Kier alpha value is -1.29. The topological polar surface area (TPSA) is 46.6 Å². The minimum atomic E-state index is -0.609. The van der Waals surface area contributed by atoms with E-state index in [-0.39, 0.29) is 18.4 Å². The largest absolute Gasteiger partial charge is 0.455 e. The molecule has 84 valence electrons. The third-order valence-corrected chi connectivity index (χ3v) is 1.74. The predicted octanol–water partition coefficient (Wildman–Crippen LogP) is 0.969. The summed E-state index contributed by atoms with van der Waals surface area (Å²) in [5.74, 6) is -1.16. The average molecular weight is 232 g/mol. The number of nitrogens with zero attached hydrogens (tertiary/aromatic N) is 1. The molecule has 4 nitrogen and oxygen atoms in total. The van der Waals surface area contributed by atoms with Gasteiger partial charge >= 0.3 is 5.97 Å². The number of alkyl halides is 1. The molecule has 0 aromatic carbocycles. The zero-order valence-electron chi connectivity index (χ0n) is 8.45. The van der Waals surface area contributed by atoms with Crippen molar-refractivity contribution in [2.24, 2.45) is 0 Å². The summed E-state index contributed by atoms with van der Waals surface area (Å²) < 4.78 is 4.60. The molecule has 1 amide bonds. The number of carbonyl (C=O) groups is 2. The Morgan fingerprint density at radius 3 is 2.20 bits per heavy atom. The molecule has 0 saturated carbocycles. The summed E-state index contributed by atoms with van der Waals surface area (Å²) in [5.41, 5.74) is 0. The molecule has 0 heterocycles. The summed E-state index contributed by atoms with van der Waals surface area (Å²) in [4.78, 5) is 23.6. The lowest BCUT2D eigenvalue weighted by Crippen LogP contribution is -2.35. The molecule has 5 heteroatoms. The van der Waals surface area contributed by atoms with E-state index in [9.17, 15) is 9.59 Å². The molecule has 0 saturated heterocycles. The SMILES string of the molecule is C=CCN(CC=C)C(=O)COC(=O)CCl. The van der Waals surface area contributed by atoms with Crippen LogP contribution in [0.1, 0.15) is 0 Å². The highest BCUT2D eigenvalue weighted by atomic mass is 35.5. The summed E-state index contributed by atoms with van der Waals surface area (Å²) in [7, 11) is 0. The lowest BCUT2D eigenvalue weighted by molar-refractivity contribution is -0.149. The number of hydrogen-bond donors (Lipinski definition) is 0. The number of hydrogen-bond acceptors (Lipinski definition) is 3. The molecule has 15 heavy (non-hydrogen) atoms. The van der Waals surface area contributed by atoms with Crippen molar-refractivity contribution < 1.29 is 14.3 Å². The van der Waals surface area contributed by atoms with Crippen LogP contribution in [0.4, 0.5) is 0 Å². The first kappa shape index (κ1) is 13.7. The number of rotatable bonds is 7. The lowest BCUT2D eigenvalue weighted by atomic mass is 10.4. The Labute approximate surface area is 94.1 Å². The van der Waals surface area contributed by atoms with Gasteiger partial charge in [-0.1, -0.05) is 12.2 Å². The fraction of sp³-hybridized carbons (Fsp3) is 0.400. The smallest absolute Gasteiger partial charge is 0.321 e. The van der Waals surface area contributed by atoms with Crippen molar-refractivity contribution in [3.8, 4) is 0 Å². The molecule has 0 aromatic heterocycles. The van der Waals surface area contributed by atoms with Crippen LogP contribution < -0.4 is 0 Å². The van der Waals surface area contributed by atoms with Crippen LogP contribution in [0.3, 0.4) is 0 Å². The molecule has 0 bridgehead atoms. The molecule has 0 aliphatic carbocycles. The van der Waals surface area contributed by atoms with Gasteiger partial charge in [0.25, 0.3) is 5.91 Å². The van der Waals surface area contributed by atoms with Gasteiger partial charge in [0.15, 0.2) is 6.61 Å². The van der Waals surface area contributed by atoms with Crippen LogP contribution in [0.25, 0.3) is 0 Å². The molecule has 0 aliphatic heterocycles. The second-order valence-corrected chi connectivity index (χ2v) is 2.94. The van der Waals surface area contributed by atoms with E-state index in [0.717, 1.165) is 0 Å². The number of amides is 1. The van der Waals surface area contributed by atoms with Gasteiger partial charge in [-0.15, -0.1) is 24.8 Å². The Kier molecular flexibility index (Phi) is 7.36. The van der Waals surface area contributed by atoms with E-state index in [0.29, 0.717) is 13.1 Å². The van der Waals surface area contributed by atoms with E-state index >= 15 is 0 Å². The molecular formula is C10H14ClNO3. The summed E-state index contributed by atoms with van der Waals surface area (Å²) >= 11 is 5.21. The number of esters is 1. The van der Waals surface area contributed by atoms with Crippen molar-refractivity contribution >= 4 is 23.5 Å². The first-order chi connectivity index (χ1) is 7.15. The molecule has 0 rings (SSSR count). The van der Waals surface area contributed by atoms with E-state index in [1.54, 1.807) is 12.2 Å². The van der Waals surface area contributed by atoms with Gasteiger partial charge in [0, 0.05) is 13.1 Å². The molecule has 0 spiro atoms. The lowest BCUT2D eigenvalue weighted by Gasteiger charge is -2.18. The second-order valence-electron chi connectivity index (χ2n) is 2.67. The summed E-state index contributed by atoms with van der Waals surface area (Å²) in [5, 5.41) is 0. The average Bonchev–Trinajstić information content (AvgIpc) is 2.25. The van der Waals surface area contributed by atoms with E-state index in [2.05, 4.69) is 17.9 Å². The van der Waals surface area contributed by atoms with Crippen LogP contribution in [0, 0.1) is 0 Å². The van der Waals surface area contributed by atoms with E-state index in [4.69, 9.17) is 11.6 Å². The molecule has 0 aliphatic rings. The van der Waals surface area contributed by atoms with Crippen LogP contribution >= 0.6 is 11.6 Å². The van der Waals surface area contributed by atoms with Crippen LogP contribution in [0.2, 0.25) is 0 Å². The fourth-order valence-electron chi connectivity index (χ4n) is 0.862. The molecule has 0 aromatic rings. The van der Waals surface area contributed by atoms with Crippen LogP contribution in [-0.4, -0.2) is 42.4 Å². The highest BCUT2D eigenvalue weighted by Crippen LogP contribution is 1.93. The van der Waals surface area contributed by atoms with E-state index < -0.39 is 5.97 Å². The van der Waals surface area contributed by atoms with Gasteiger partial charge in [0.05, 0.1) is 0 Å². The van der Waals surface area contributed by atoms with Crippen molar-refractivity contribution in [3.05, 3.63) is 25.3 Å². The second kappa shape index (κ2) is 8.05. The van der Waals surface area contributed by atoms with Crippen molar-refractivity contribution in [1.29, 1.82) is 0 Å². The monoisotopic (exact) mass is 231 g/mol. The summed E-state index contributed by atoms with van der Waals surface area (Å²) in [6.07, 6.45) is 3.18. The number of ether oxygens (including phenoxy) is 1. The van der Waals surface area contributed by atoms with Crippen molar-refractivity contribution in [3.63, 3.8) is 0 Å². The van der Waals surface area contributed by atoms with Crippen molar-refractivity contribution in [2.75, 3.05) is 25.6 Å². The normalized spacial score (nSPS) is 9.13. The van der Waals surface area contributed by atoms with Gasteiger partial charge < -0.3 is 9.64 Å². The Morgan fingerprint density at radius 1 is 1.27 bits per heavy atom. The van der Waals surface area contributed by atoms with Gasteiger partial charge in [-0.25, -0.2) is 0 Å². The Balaban J connectivity index is 4.06. The Bertz CT molecular complexity index is 243. The van der Waals surface area contributed by atoms with Crippen LogP contribution in [0.15, 0.2) is 25.3 Å². The standard InChI is InChI=1S/C10H14ClNO3/c1-3-5-12(6-4-2)9(13)8-15-10(14)7-11/h3-4H,1-2,5-8H2. The maximum Gasteiger partial charge on any atom is 0.321 e. The zero-order valence-corrected chi connectivity index (χ0v) is 9.20. The number of carbonyl (C=O) groups excluding carboxylic acids is 2. The van der Waals surface area contributed by atoms with Gasteiger partial charge in [-0.2, -0.15) is 0 Å². The molecule has 0 fully saturated rings. The third-order valence-electron chi connectivity index (χ3n) is 1.52. The molecular weight excluding hydrogens is 218 g/mol. The quantitative estimate of drug-likeness (QED) is 0.373. The van der Waals surface area contributed by atoms with Crippen molar-refractivity contribution in [2.45, 2.75) is 0 Å². The van der Waals surface area contributed by atoms with E-state index in [1.807, 2.05) is 0 Å². The van der Waals surface area contributed by atoms with Crippen LogP contribution in [-0.2, 0) is 14.3 Å². The van der Waals surface area contributed by atoms with Crippen molar-refractivity contribution in [1.82, 2.24) is 4.90 Å². The minimum Gasteiger partial charge on any atom is -0.455 e.